The molecule has 2 heteroatoms. The zero-order valence-corrected chi connectivity index (χ0v) is 4.91. The molecule has 0 aromatic carbocycles. The first-order valence-electron chi connectivity index (χ1n) is 1.40. The Bertz CT molecular complexity index is 49.5. The molecule has 0 aliphatic carbocycles. The standard InChI is InChI=1S/C4H5O.V/c1-2-3-4-5;/h2-3H,1H3;/q-1;/b3-2-;. The van der Waals surface area contributed by atoms with Crippen LogP contribution < -0.4 is 0 Å². The summed E-state index contributed by atoms with van der Waals surface area (Å²) in [5.74, 6) is 0. The Balaban J connectivity index is 0. The van der Waals surface area contributed by atoms with Crippen LogP contribution in [0.5, 0.6) is 0 Å². The molecule has 0 aliphatic heterocycles. The molecule has 0 amide bonds. The van der Waals surface area contributed by atoms with Gasteiger partial charge in [0, 0.05) is 18.6 Å². The molecule has 0 heterocycles. The van der Waals surface area contributed by atoms with Crippen molar-refractivity contribution in [2.75, 3.05) is 0 Å². The zero-order chi connectivity index (χ0) is 4.12. The second-order valence-corrected chi connectivity index (χ2v) is 0.618. The van der Waals surface area contributed by atoms with Crippen LogP contribution in [0.15, 0.2) is 12.2 Å². The molecular formula is C4H5OV-. The van der Waals surface area contributed by atoms with Crippen molar-refractivity contribution in [2.45, 2.75) is 6.92 Å². The molecule has 0 aromatic rings. The Morgan fingerprint density at radius 2 is 2.17 bits per heavy atom. The predicted octanol–water partition coefficient (Wildman–Crippen LogP) is 0.670. The Morgan fingerprint density at radius 3 is 2.17 bits per heavy atom. The van der Waals surface area contributed by atoms with Gasteiger partial charge in [0.25, 0.3) is 0 Å². The molecule has 0 aliphatic rings. The molecule has 0 spiro atoms. The third-order valence-electron chi connectivity index (χ3n) is 0.235. The van der Waals surface area contributed by atoms with Gasteiger partial charge < -0.3 is 4.79 Å². The maximum absolute atomic E-state index is 9.19. The summed E-state index contributed by atoms with van der Waals surface area (Å²) in [7, 11) is 0. The molecule has 0 aromatic heterocycles. The van der Waals surface area contributed by atoms with E-state index < -0.39 is 0 Å². The fraction of sp³-hybridized carbons (Fsp3) is 0.250. The monoisotopic (exact) mass is 120 g/mol. The van der Waals surface area contributed by atoms with Crippen LogP contribution in [-0.4, -0.2) is 6.29 Å². The van der Waals surface area contributed by atoms with Gasteiger partial charge in [0.15, 0.2) is 0 Å². The topological polar surface area (TPSA) is 17.1 Å². The third kappa shape index (κ3) is 9.00. The van der Waals surface area contributed by atoms with Crippen molar-refractivity contribution in [1.82, 2.24) is 0 Å². The maximum atomic E-state index is 9.19. The van der Waals surface area contributed by atoms with Crippen molar-refractivity contribution < 1.29 is 23.4 Å². The molecule has 0 bridgehead atoms. The van der Waals surface area contributed by atoms with Crippen molar-refractivity contribution in [3.8, 4) is 0 Å². The molecule has 1 nitrogen and oxygen atoms in total. The second-order valence-electron chi connectivity index (χ2n) is 0.618. The van der Waals surface area contributed by atoms with E-state index in [-0.39, 0.29) is 18.6 Å². The summed E-state index contributed by atoms with van der Waals surface area (Å²) in [4.78, 5) is 9.19. The summed E-state index contributed by atoms with van der Waals surface area (Å²) in [6, 6.07) is 0. The molecule has 33 valence electrons. The van der Waals surface area contributed by atoms with Gasteiger partial charge in [0.1, 0.15) is 0 Å². The first kappa shape index (κ1) is 9.37. The van der Waals surface area contributed by atoms with Gasteiger partial charge in [-0.2, -0.15) is 6.08 Å². The molecule has 6 heavy (non-hydrogen) atoms. The summed E-state index contributed by atoms with van der Waals surface area (Å²) in [5.41, 5.74) is 0. The van der Waals surface area contributed by atoms with Gasteiger partial charge in [0.2, 0.25) is 0 Å². The van der Waals surface area contributed by atoms with E-state index in [2.05, 4.69) is 0 Å². The molecule has 0 rings (SSSR count). The van der Waals surface area contributed by atoms with Crippen LogP contribution in [0.25, 0.3) is 0 Å². The van der Waals surface area contributed by atoms with Crippen molar-refractivity contribution in [3.05, 3.63) is 12.2 Å². The van der Waals surface area contributed by atoms with E-state index in [4.69, 9.17) is 0 Å². The Kier molecular flexibility index (Phi) is 13.9. The minimum atomic E-state index is 0. The van der Waals surface area contributed by atoms with Gasteiger partial charge in [-0.25, -0.2) is 6.08 Å². The van der Waals surface area contributed by atoms with Gasteiger partial charge in [-0.3, -0.25) is 0 Å². The summed E-state index contributed by atoms with van der Waals surface area (Å²) in [6.45, 7) is 1.77. The van der Waals surface area contributed by atoms with Crippen LogP contribution in [0, 0.1) is 0 Å². The molecule has 0 saturated heterocycles. The summed E-state index contributed by atoms with van der Waals surface area (Å²) >= 11 is 0. The smallest absolute Gasteiger partial charge is 0 e. The molecule has 1 radical (unpaired) electrons. The minimum absolute atomic E-state index is 0. The largest absolute Gasteiger partial charge is 0.419 e. The number of hydrogen-bond donors (Lipinski definition) is 0. The van der Waals surface area contributed by atoms with Crippen LogP contribution in [0.2, 0.25) is 0 Å². The van der Waals surface area contributed by atoms with Gasteiger partial charge in [-0.1, -0.05) is 0 Å². The average Bonchev–Trinajstić information content (AvgIpc) is 1.41. The van der Waals surface area contributed by atoms with Crippen molar-refractivity contribution in [1.29, 1.82) is 0 Å². The van der Waals surface area contributed by atoms with Crippen LogP contribution >= 0.6 is 0 Å². The SMILES string of the molecule is C/C=C\[C-]=O.[V]. The molecule has 0 atom stereocenters. The fourth-order valence-corrected chi connectivity index (χ4v) is 0.0680. The molecule has 0 saturated carbocycles. The molecule has 0 fully saturated rings. The Hall–Kier alpha value is -0.00558. The van der Waals surface area contributed by atoms with Gasteiger partial charge >= 0.3 is 0 Å². The van der Waals surface area contributed by atoms with Crippen molar-refractivity contribution >= 4 is 6.29 Å². The summed E-state index contributed by atoms with van der Waals surface area (Å²) in [5, 5.41) is 0. The van der Waals surface area contributed by atoms with E-state index in [1.807, 2.05) is 0 Å². The fourth-order valence-electron chi connectivity index (χ4n) is 0.0680. The second kappa shape index (κ2) is 8.89. The number of carbonyl (C=O) groups excluding carboxylic acids is 1. The van der Waals surface area contributed by atoms with E-state index in [1.54, 1.807) is 19.3 Å². The van der Waals surface area contributed by atoms with Crippen LogP contribution in [0.3, 0.4) is 0 Å². The van der Waals surface area contributed by atoms with E-state index in [0.717, 1.165) is 0 Å². The number of allylic oxidation sites excluding steroid dienone is 2. The van der Waals surface area contributed by atoms with E-state index in [1.165, 1.54) is 6.08 Å². The molecule has 0 N–H and O–H groups in total. The minimum Gasteiger partial charge on any atom is -0.419 e. The maximum Gasteiger partial charge on any atom is 0 e. The number of rotatable bonds is 1. The first-order valence-corrected chi connectivity index (χ1v) is 1.40. The summed E-state index contributed by atoms with van der Waals surface area (Å²) < 4.78 is 0. The Labute approximate surface area is 49.3 Å². The van der Waals surface area contributed by atoms with Crippen molar-refractivity contribution in [2.24, 2.45) is 0 Å². The number of hydrogen-bond acceptors (Lipinski definition) is 1. The van der Waals surface area contributed by atoms with Gasteiger partial charge in [-0.05, 0) is 6.29 Å². The predicted molar refractivity (Wildman–Crippen MR) is 20.5 cm³/mol. The van der Waals surface area contributed by atoms with E-state index in [9.17, 15) is 4.79 Å². The van der Waals surface area contributed by atoms with Crippen LogP contribution in [0.1, 0.15) is 6.92 Å². The van der Waals surface area contributed by atoms with Crippen LogP contribution in [-0.2, 0) is 23.4 Å². The average molecular weight is 120 g/mol. The quantitative estimate of drug-likeness (QED) is 0.367. The van der Waals surface area contributed by atoms with Gasteiger partial charge in [-0.15, -0.1) is 6.92 Å². The molecular weight excluding hydrogens is 115 g/mol. The summed E-state index contributed by atoms with van der Waals surface area (Å²) in [6.07, 6.45) is 4.54. The third-order valence-corrected chi connectivity index (χ3v) is 0.235. The van der Waals surface area contributed by atoms with E-state index >= 15 is 0 Å². The zero-order valence-electron chi connectivity index (χ0n) is 3.51. The van der Waals surface area contributed by atoms with Crippen molar-refractivity contribution in [3.63, 3.8) is 0 Å². The van der Waals surface area contributed by atoms with Gasteiger partial charge in [0.05, 0.1) is 0 Å². The Morgan fingerprint density at radius 1 is 1.67 bits per heavy atom. The molecule has 0 unspecified atom stereocenters. The normalized spacial score (nSPS) is 7.50. The van der Waals surface area contributed by atoms with Crippen LogP contribution in [0.4, 0.5) is 0 Å². The first-order chi connectivity index (χ1) is 2.41. The van der Waals surface area contributed by atoms with E-state index in [0.29, 0.717) is 0 Å².